The predicted octanol–water partition coefficient (Wildman–Crippen LogP) is -1.48. The van der Waals surface area contributed by atoms with Gasteiger partial charge in [-0.05, 0) is 0 Å². The zero-order chi connectivity index (χ0) is 12.4. The van der Waals surface area contributed by atoms with Gasteiger partial charge in [0, 0.05) is 13.5 Å². The summed E-state index contributed by atoms with van der Waals surface area (Å²) >= 11 is 0. The van der Waals surface area contributed by atoms with E-state index in [0.29, 0.717) is 6.42 Å². The number of aliphatic hydroxyl groups is 1. The number of nitrogens with zero attached hydrogens (tertiary/aromatic N) is 3. The van der Waals surface area contributed by atoms with Crippen LogP contribution in [-0.4, -0.2) is 45.6 Å². The molecule has 17 heavy (non-hydrogen) atoms. The molecule has 0 aromatic carbocycles. The van der Waals surface area contributed by atoms with Crippen LogP contribution in [0.3, 0.4) is 0 Å². The van der Waals surface area contributed by atoms with E-state index >= 15 is 0 Å². The van der Waals surface area contributed by atoms with Gasteiger partial charge in [0.05, 0.1) is 12.7 Å². The molecule has 0 unspecified atom stereocenters. The average Bonchev–Trinajstić information content (AvgIpc) is 2.72. The number of ether oxygens (including phenoxy) is 2. The minimum atomic E-state index is -0.537. The molecule has 1 aliphatic heterocycles. The highest BCUT2D eigenvalue weighted by Gasteiger charge is 2.36. The van der Waals surface area contributed by atoms with Crippen LogP contribution in [0.25, 0.3) is 0 Å². The van der Waals surface area contributed by atoms with Crippen LogP contribution in [-0.2, 0) is 9.47 Å². The molecular formula is C9H14N4O4. The maximum absolute atomic E-state index is 11.6. The van der Waals surface area contributed by atoms with Crippen molar-refractivity contribution in [1.29, 1.82) is 0 Å². The smallest absolute Gasteiger partial charge is 0.354 e. The largest absolute Gasteiger partial charge is 0.394 e. The van der Waals surface area contributed by atoms with Gasteiger partial charge in [0.15, 0.2) is 0 Å². The summed E-state index contributed by atoms with van der Waals surface area (Å²) in [5, 5.41) is 9.10. The second-order valence-corrected chi connectivity index (χ2v) is 3.73. The quantitative estimate of drug-likeness (QED) is 0.664. The first-order chi connectivity index (χ1) is 8.15. The lowest BCUT2D eigenvalue weighted by Crippen LogP contribution is -2.29. The SMILES string of the molecule is CO[C@H]1C[C@H](n2cnc(N)nc2=O)O[C@@H]1CO. The lowest BCUT2D eigenvalue weighted by Gasteiger charge is -2.14. The van der Waals surface area contributed by atoms with Crippen molar-refractivity contribution in [3.63, 3.8) is 0 Å². The Bertz CT molecular complexity index is 437. The molecule has 3 atom stereocenters. The summed E-state index contributed by atoms with van der Waals surface area (Å²) in [6, 6.07) is 0. The lowest BCUT2D eigenvalue weighted by molar-refractivity contribution is -0.0537. The third kappa shape index (κ3) is 2.28. The number of nitrogens with two attached hydrogens (primary N) is 1. The molecule has 2 rings (SSSR count). The third-order valence-corrected chi connectivity index (χ3v) is 2.72. The summed E-state index contributed by atoms with van der Waals surface area (Å²) in [5.41, 5.74) is 4.76. The van der Waals surface area contributed by atoms with Gasteiger partial charge < -0.3 is 20.3 Å². The van der Waals surface area contributed by atoms with Crippen LogP contribution in [0.5, 0.6) is 0 Å². The van der Waals surface area contributed by atoms with E-state index in [1.54, 1.807) is 0 Å². The highest BCUT2D eigenvalue weighted by Crippen LogP contribution is 2.28. The van der Waals surface area contributed by atoms with Gasteiger partial charge >= 0.3 is 5.69 Å². The van der Waals surface area contributed by atoms with Crippen molar-refractivity contribution in [2.45, 2.75) is 24.9 Å². The summed E-state index contributed by atoms with van der Waals surface area (Å²) in [4.78, 5) is 18.8. The normalized spacial score (nSPS) is 28.5. The van der Waals surface area contributed by atoms with Gasteiger partial charge in [-0.2, -0.15) is 4.98 Å². The van der Waals surface area contributed by atoms with Gasteiger partial charge in [0.1, 0.15) is 18.7 Å². The molecule has 0 bridgehead atoms. The fourth-order valence-corrected chi connectivity index (χ4v) is 1.84. The summed E-state index contributed by atoms with van der Waals surface area (Å²) in [7, 11) is 1.53. The van der Waals surface area contributed by atoms with Gasteiger partial charge in [-0.15, -0.1) is 0 Å². The molecule has 1 fully saturated rings. The summed E-state index contributed by atoms with van der Waals surface area (Å²) in [6.45, 7) is -0.167. The summed E-state index contributed by atoms with van der Waals surface area (Å²) < 4.78 is 11.9. The molecule has 8 nitrogen and oxygen atoms in total. The number of hydrogen-bond acceptors (Lipinski definition) is 7. The lowest BCUT2D eigenvalue weighted by atomic mass is 10.2. The highest BCUT2D eigenvalue weighted by atomic mass is 16.6. The number of hydrogen-bond donors (Lipinski definition) is 2. The van der Waals surface area contributed by atoms with Gasteiger partial charge in [-0.1, -0.05) is 0 Å². The Morgan fingerprint density at radius 1 is 1.76 bits per heavy atom. The zero-order valence-electron chi connectivity index (χ0n) is 9.31. The predicted molar refractivity (Wildman–Crippen MR) is 57.1 cm³/mol. The van der Waals surface area contributed by atoms with Crippen molar-refractivity contribution in [3.05, 3.63) is 16.8 Å². The number of nitrogen functional groups attached to an aromatic ring is 1. The van der Waals surface area contributed by atoms with Gasteiger partial charge in [0.2, 0.25) is 5.95 Å². The Hall–Kier alpha value is -1.51. The standard InChI is InChI=1S/C9H14N4O4/c1-16-5-2-7(17-6(5)3-14)13-4-11-8(10)12-9(13)15/h4-7,14H,2-3H2,1H3,(H2,10,12,15)/t5-,6+,7+/m0/s1. The van der Waals surface area contributed by atoms with E-state index in [-0.39, 0.29) is 18.7 Å². The first-order valence-electron chi connectivity index (χ1n) is 5.15. The number of methoxy groups -OCH3 is 1. The van der Waals surface area contributed by atoms with E-state index in [2.05, 4.69) is 9.97 Å². The molecule has 0 aliphatic carbocycles. The van der Waals surface area contributed by atoms with Crippen LogP contribution in [0.2, 0.25) is 0 Å². The average molecular weight is 242 g/mol. The summed E-state index contributed by atoms with van der Waals surface area (Å²) in [6.07, 6.45) is 0.491. The van der Waals surface area contributed by atoms with E-state index in [1.165, 1.54) is 18.0 Å². The molecule has 0 amide bonds. The number of rotatable bonds is 3. The summed E-state index contributed by atoms with van der Waals surface area (Å²) in [5.74, 6) is -0.0775. The zero-order valence-corrected chi connectivity index (χ0v) is 9.31. The van der Waals surface area contributed by atoms with Crippen molar-refractivity contribution in [2.75, 3.05) is 19.5 Å². The first-order valence-corrected chi connectivity index (χ1v) is 5.15. The van der Waals surface area contributed by atoms with Crippen molar-refractivity contribution in [1.82, 2.24) is 14.5 Å². The van der Waals surface area contributed by atoms with Crippen LogP contribution < -0.4 is 11.4 Å². The van der Waals surface area contributed by atoms with Gasteiger partial charge in [0.25, 0.3) is 0 Å². The van der Waals surface area contributed by atoms with Crippen molar-refractivity contribution in [3.8, 4) is 0 Å². The number of aliphatic hydroxyl groups excluding tert-OH is 1. The molecule has 8 heteroatoms. The third-order valence-electron chi connectivity index (χ3n) is 2.72. The number of aromatic nitrogens is 3. The van der Waals surface area contributed by atoms with Crippen LogP contribution in [0.1, 0.15) is 12.6 Å². The Morgan fingerprint density at radius 3 is 3.06 bits per heavy atom. The van der Waals surface area contributed by atoms with E-state index in [1.807, 2.05) is 0 Å². The van der Waals surface area contributed by atoms with Crippen molar-refractivity contribution >= 4 is 5.95 Å². The second kappa shape index (κ2) is 4.78. The molecule has 0 radical (unpaired) electrons. The van der Waals surface area contributed by atoms with Crippen LogP contribution >= 0.6 is 0 Å². The molecule has 94 valence electrons. The van der Waals surface area contributed by atoms with E-state index in [0.717, 1.165) is 0 Å². The molecule has 2 heterocycles. The van der Waals surface area contributed by atoms with Gasteiger partial charge in [-0.25, -0.2) is 9.78 Å². The second-order valence-electron chi connectivity index (χ2n) is 3.73. The molecule has 1 aromatic rings. The molecular weight excluding hydrogens is 228 g/mol. The van der Waals surface area contributed by atoms with Crippen molar-refractivity contribution in [2.24, 2.45) is 0 Å². The Labute approximate surface area is 97.0 Å². The first kappa shape index (κ1) is 12.0. The molecule has 0 saturated carbocycles. The molecule has 1 aliphatic rings. The molecule has 0 spiro atoms. The topological polar surface area (TPSA) is 112 Å². The Morgan fingerprint density at radius 2 is 2.53 bits per heavy atom. The Kier molecular flexibility index (Phi) is 3.36. The van der Waals surface area contributed by atoms with Crippen LogP contribution in [0.15, 0.2) is 11.1 Å². The maximum atomic E-state index is 11.6. The minimum absolute atomic E-state index is 0.0775. The van der Waals surface area contributed by atoms with Crippen LogP contribution in [0, 0.1) is 0 Å². The molecule has 3 N–H and O–H groups in total. The maximum Gasteiger partial charge on any atom is 0.354 e. The highest BCUT2D eigenvalue weighted by molar-refractivity contribution is 5.09. The van der Waals surface area contributed by atoms with E-state index < -0.39 is 18.0 Å². The Balaban J connectivity index is 2.22. The fraction of sp³-hybridized carbons (Fsp3) is 0.667. The monoisotopic (exact) mass is 242 g/mol. The van der Waals surface area contributed by atoms with Crippen LogP contribution in [0.4, 0.5) is 5.95 Å². The molecule has 1 saturated heterocycles. The number of anilines is 1. The van der Waals surface area contributed by atoms with E-state index in [9.17, 15) is 4.79 Å². The molecule has 1 aromatic heterocycles. The fourth-order valence-electron chi connectivity index (χ4n) is 1.84. The van der Waals surface area contributed by atoms with Crippen molar-refractivity contribution < 1.29 is 14.6 Å². The van der Waals surface area contributed by atoms with Gasteiger partial charge in [-0.3, -0.25) is 4.57 Å². The van der Waals surface area contributed by atoms with E-state index in [4.69, 9.17) is 20.3 Å². The minimum Gasteiger partial charge on any atom is -0.394 e.